The lowest BCUT2D eigenvalue weighted by atomic mass is 10.0. The Balaban J connectivity index is 2.96. The monoisotopic (exact) mass is 283 g/mol. The summed E-state index contributed by atoms with van der Waals surface area (Å²) in [7, 11) is 4.05. The highest BCUT2D eigenvalue weighted by Crippen LogP contribution is 2.29. The van der Waals surface area contributed by atoms with Gasteiger partial charge in [-0.3, -0.25) is 0 Å². The third-order valence-electron chi connectivity index (χ3n) is 3.11. The van der Waals surface area contributed by atoms with Crippen molar-refractivity contribution < 1.29 is 9.13 Å². The molecule has 0 saturated carbocycles. The Bertz CT molecular complexity index is 435. The maximum Gasteiger partial charge on any atom is 0.167 e. The van der Waals surface area contributed by atoms with Gasteiger partial charge >= 0.3 is 0 Å². The van der Waals surface area contributed by atoms with Crippen LogP contribution in [0, 0.1) is 11.7 Å². The normalized spacial score (nSPS) is 12.8. The van der Waals surface area contributed by atoms with E-state index in [1.165, 1.54) is 6.07 Å². The topological polar surface area (TPSA) is 50.5 Å². The molecule has 0 aliphatic carbocycles. The number of nitrogens with zero attached hydrogens (tertiary/aromatic N) is 1. The summed E-state index contributed by atoms with van der Waals surface area (Å²) in [5.74, 6) is 0.234. The van der Waals surface area contributed by atoms with Gasteiger partial charge in [-0.25, -0.2) is 4.39 Å². The van der Waals surface area contributed by atoms with Gasteiger partial charge in [0, 0.05) is 24.7 Å². The van der Waals surface area contributed by atoms with Gasteiger partial charge in [0.05, 0.1) is 18.0 Å². The molecule has 3 N–H and O–H groups in total. The van der Waals surface area contributed by atoms with Crippen molar-refractivity contribution in [2.75, 3.05) is 38.3 Å². The Hall–Kier alpha value is -1.49. The molecule has 0 aromatic heterocycles. The maximum atomic E-state index is 13.7. The Morgan fingerprint density at radius 1 is 1.35 bits per heavy atom. The summed E-state index contributed by atoms with van der Waals surface area (Å²) in [6.45, 7) is 7.41. The Kier molecular flexibility index (Phi) is 6.07. The molecule has 0 heterocycles. The summed E-state index contributed by atoms with van der Waals surface area (Å²) in [6.07, 6.45) is 0. The van der Waals surface area contributed by atoms with E-state index in [-0.39, 0.29) is 11.8 Å². The number of nitrogen functional groups attached to an aromatic ring is 1. The van der Waals surface area contributed by atoms with Gasteiger partial charge in [-0.15, -0.1) is 0 Å². The van der Waals surface area contributed by atoms with Crippen LogP contribution in [0.25, 0.3) is 0 Å². The van der Waals surface area contributed by atoms with Gasteiger partial charge in [0.2, 0.25) is 0 Å². The molecule has 0 amide bonds. The van der Waals surface area contributed by atoms with Crippen LogP contribution in [0.4, 0.5) is 15.8 Å². The van der Waals surface area contributed by atoms with Crippen molar-refractivity contribution in [1.82, 2.24) is 4.90 Å². The van der Waals surface area contributed by atoms with Gasteiger partial charge in [-0.1, -0.05) is 13.8 Å². The van der Waals surface area contributed by atoms with E-state index in [1.54, 1.807) is 6.07 Å². The average Bonchev–Trinajstić information content (AvgIpc) is 2.33. The molecule has 1 atom stereocenters. The van der Waals surface area contributed by atoms with Crippen molar-refractivity contribution in [3.05, 3.63) is 17.9 Å². The van der Waals surface area contributed by atoms with Crippen molar-refractivity contribution in [3.8, 4) is 5.75 Å². The number of hydrogen-bond donors (Lipinski definition) is 2. The van der Waals surface area contributed by atoms with Gasteiger partial charge in [-0.05, 0) is 26.9 Å². The molecule has 1 unspecified atom stereocenters. The van der Waals surface area contributed by atoms with Crippen molar-refractivity contribution in [1.29, 1.82) is 0 Å². The summed E-state index contributed by atoms with van der Waals surface area (Å²) in [6, 6.07) is 3.17. The highest BCUT2D eigenvalue weighted by Gasteiger charge is 2.17. The minimum absolute atomic E-state index is 0.229. The minimum atomic E-state index is -0.427. The second kappa shape index (κ2) is 7.33. The van der Waals surface area contributed by atoms with Gasteiger partial charge in [0.1, 0.15) is 0 Å². The zero-order valence-electron chi connectivity index (χ0n) is 13.0. The van der Waals surface area contributed by atoms with E-state index in [9.17, 15) is 4.39 Å². The van der Waals surface area contributed by atoms with Crippen molar-refractivity contribution in [2.45, 2.75) is 26.8 Å². The van der Waals surface area contributed by atoms with Crippen LogP contribution in [0.1, 0.15) is 20.8 Å². The van der Waals surface area contributed by atoms with E-state index < -0.39 is 5.82 Å². The third kappa shape index (κ3) is 4.56. The number of likely N-dealkylation sites (N-methyl/N-ethyl adjacent to an activating group) is 1. The van der Waals surface area contributed by atoms with E-state index in [0.29, 0.717) is 18.2 Å². The summed E-state index contributed by atoms with van der Waals surface area (Å²) >= 11 is 0. The smallest absolute Gasteiger partial charge is 0.167 e. The van der Waals surface area contributed by atoms with E-state index >= 15 is 0 Å². The standard InChI is InChI=1S/C15H26FN3O/c1-6-20-15-8-13(12(17)7-11(15)16)18-14(10(2)3)9-19(4)5/h7-8,10,14,18H,6,9,17H2,1-5H3. The van der Waals surface area contributed by atoms with Crippen LogP contribution in [0.5, 0.6) is 5.75 Å². The van der Waals surface area contributed by atoms with Crippen LogP contribution in [0.3, 0.4) is 0 Å². The molecule has 0 aliphatic rings. The summed E-state index contributed by atoms with van der Waals surface area (Å²) in [5.41, 5.74) is 7.01. The molecule has 5 heteroatoms. The number of halogens is 1. The van der Waals surface area contributed by atoms with E-state index in [1.807, 2.05) is 21.0 Å². The zero-order chi connectivity index (χ0) is 15.3. The molecule has 0 fully saturated rings. The zero-order valence-corrected chi connectivity index (χ0v) is 13.0. The molecular weight excluding hydrogens is 257 g/mol. The number of hydrogen-bond acceptors (Lipinski definition) is 4. The van der Waals surface area contributed by atoms with Gasteiger partial charge in [0.15, 0.2) is 11.6 Å². The average molecular weight is 283 g/mol. The number of nitrogens with one attached hydrogen (secondary N) is 1. The van der Waals surface area contributed by atoms with Crippen LogP contribution in [-0.2, 0) is 0 Å². The van der Waals surface area contributed by atoms with Crippen molar-refractivity contribution in [2.24, 2.45) is 5.92 Å². The first-order valence-electron chi connectivity index (χ1n) is 6.98. The number of benzene rings is 1. The second-order valence-corrected chi connectivity index (χ2v) is 5.56. The van der Waals surface area contributed by atoms with Crippen molar-refractivity contribution in [3.63, 3.8) is 0 Å². The Morgan fingerprint density at radius 3 is 2.50 bits per heavy atom. The first-order chi connectivity index (χ1) is 9.35. The fraction of sp³-hybridized carbons (Fsp3) is 0.600. The number of nitrogens with two attached hydrogens (primary N) is 1. The van der Waals surface area contributed by atoms with E-state index in [0.717, 1.165) is 12.2 Å². The first-order valence-corrected chi connectivity index (χ1v) is 6.98. The predicted octanol–water partition coefficient (Wildman–Crippen LogP) is 2.80. The minimum Gasteiger partial charge on any atom is -0.491 e. The first kappa shape index (κ1) is 16.6. The Morgan fingerprint density at radius 2 is 2.00 bits per heavy atom. The highest BCUT2D eigenvalue weighted by atomic mass is 19.1. The van der Waals surface area contributed by atoms with Crippen LogP contribution in [0.2, 0.25) is 0 Å². The van der Waals surface area contributed by atoms with Gasteiger partial charge in [-0.2, -0.15) is 0 Å². The van der Waals surface area contributed by atoms with Gasteiger partial charge < -0.3 is 20.7 Å². The molecular formula is C15H26FN3O. The van der Waals surface area contributed by atoms with Crippen LogP contribution in [0.15, 0.2) is 12.1 Å². The van der Waals surface area contributed by atoms with E-state index in [2.05, 4.69) is 24.1 Å². The molecule has 0 spiro atoms. The largest absolute Gasteiger partial charge is 0.491 e. The lowest BCUT2D eigenvalue weighted by Crippen LogP contribution is -2.36. The molecule has 20 heavy (non-hydrogen) atoms. The van der Waals surface area contributed by atoms with Crippen LogP contribution in [-0.4, -0.2) is 38.2 Å². The second-order valence-electron chi connectivity index (χ2n) is 5.56. The van der Waals surface area contributed by atoms with E-state index in [4.69, 9.17) is 10.5 Å². The molecule has 0 aliphatic heterocycles. The molecule has 114 valence electrons. The quantitative estimate of drug-likeness (QED) is 0.756. The molecule has 0 bridgehead atoms. The fourth-order valence-electron chi connectivity index (χ4n) is 1.98. The number of ether oxygens (including phenoxy) is 1. The molecule has 0 radical (unpaired) electrons. The summed E-state index contributed by atoms with van der Waals surface area (Å²) in [4.78, 5) is 2.11. The molecule has 0 saturated heterocycles. The third-order valence-corrected chi connectivity index (χ3v) is 3.11. The molecule has 1 aromatic carbocycles. The Labute approximate surface area is 121 Å². The predicted molar refractivity (Wildman–Crippen MR) is 82.8 cm³/mol. The fourth-order valence-corrected chi connectivity index (χ4v) is 1.98. The number of rotatable bonds is 7. The number of anilines is 2. The van der Waals surface area contributed by atoms with Crippen molar-refractivity contribution >= 4 is 11.4 Å². The summed E-state index contributed by atoms with van der Waals surface area (Å²) < 4.78 is 19.0. The molecule has 1 aromatic rings. The van der Waals surface area contributed by atoms with Gasteiger partial charge in [0.25, 0.3) is 0 Å². The van der Waals surface area contributed by atoms with Crippen LogP contribution >= 0.6 is 0 Å². The maximum absolute atomic E-state index is 13.7. The SMILES string of the molecule is CCOc1cc(NC(CN(C)C)C(C)C)c(N)cc1F. The summed E-state index contributed by atoms with van der Waals surface area (Å²) in [5, 5.41) is 3.39. The lowest BCUT2D eigenvalue weighted by molar-refractivity contribution is 0.321. The molecule has 4 nitrogen and oxygen atoms in total. The lowest BCUT2D eigenvalue weighted by Gasteiger charge is -2.27. The molecule has 1 rings (SSSR count). The van der Waals surface area contributed by atoms with Crippen LogP contribution < -0.4 is 15.8 Å². The highest BCUT2D eigenvalue weighted by molar-refractivity contribution is 5.69.